The summed E-state index contributed by atoms with van der Waals surface area (Å²) in [5, 5.41) is 17.2. The maximum absolute atomic E-state index is 13.5. The number of rotatable bonds is 3. The Labute approximate surface area is 187 Å². The van der Waals surface area contributed by atoms with E-state index in [4.69, 9.17) is 0 Å². The van der Waals surface area contributed by atoms with E-state index in [0.717, 1.165) is 44.2 Å². The Kier molecular flexibility index (Phi) is 5.12. The van der Waals surface area contributed by atoms with Crippen LogP contribution in [0.15, 0.2) is 12.3 Å². The molecule has 1 aromatic heterocycles. The Bertz CT molecular complexity index is 871. The van der Waals surface area contributed by atoms with E-state index in [2.05, 4.69) is 24.0 Å². The zero-order chi connectivity index (χ0) is 22.9. The number of carbonyl (C=O) groups excluding carboxylic acids is 1. The van der Waals surface area contributed by atoms with Gasteiger partial charge in [-0.2, -0.15) is 18.3 Å². The maximum Gasteiger partial charge on any atom is 0.417 e. The molecule has 4 aliphatic rings. The molecule has 178 valence electrons. The molecule has 5 rings (SSSR count). The van der Waals surface area contributed by atoms with Crippen molar-refractivity contribution in [1.29, 1.82) is 0 Å². The van der Waals surface area contributed by atoms with Crippen LogP contribution in [0.1, 0.15) is 77.3 Å². The lowest BCUT2D eigenvalue weighted by molar-refractivity contribution is -0.290. The minimum absolute atomic E-state index is 0.0111. The number of nitrogens with zero attached hydrogens (tertiary/aromatic N) is 1. The van der Waals surface area contributed by atoms with E-state index in [1.807, 2.05) is 6.07 Å². The van der Waals surface area contributed by atoms with Gasteiger partial charge in [0.15, 0.2) is 5.60 Å². The van der Waals surface area contributed by atoms with Gasteiger partial charge >= 0.3 is 6.18 Å². The third-order valence-electron chi connectivity index (χ3n) is 10.6. The molecular formula is C25H35F3N2O2. The molecule has 0 spiro atoms. The van der Waals surface area contributed by atoms with E-state index >= 15 is 0 Å². The molecule has 0 aromatic carbocycles. The van der Waals surface area contributed by atoms with Crippen molar-refractivity contribution in [3.8, 4) is 0 Å². The molecule has 0 radical (unpaired) electrons. The topological polar surface area (TPSA) is 66.0 Å². The number of hydrogen-bond donors (Lipinski definition) is 2. The molecule has 4 fully saturated rings. The summed E-state index contributed by atoms with van der Waals surface area (Å²) >= 11 is 0. The minimum atomic E-state index is -4.55. The summed E-state index contributed by atoms with van der Waals surface area (Å²) in [4.78, 5) is 13.2. The predicted molar refractivity (Wildman–Crippen MR) is 114 cm³/mol. The number of H-pyrrole nitrogens is 1. The number of hydrogen-bond acceptors (Lipinski definition) is 3. The van der Waals surface area contributed by atoms with Gasteiger partial charge in [-0.05, 0) is 98.4 Å². The molecule has 32 heavy (non-hydrogen) atoms. The van der Waals surface area contributed by atoms with Crippen molar-refractivity contribution in [3.05, 3.63) is 18.0 Å². The zero-order valence-electron chi connectivity index (χ0n) is 19.0. The normalized spacial score (nSPS) is 46.2. The molecule has 4 aliphatic carbocycles. The molecule has 8 atom stereocenters. The van der Waals surface area contributed by atoms with Gasteiger partial charge in [-0.25, -0.2) is 0 Å². The van der Waals surface area contributed by atoms with Crippen LogP contribution in [-0.2, 0) is 11.2 Å². The summed E-state index contributed by atoms with van der Waals surface area (Å²) in [5.74, 6) is 1.64. The molecule has 0 saturated heterocycles. The highest BCUT2D eigenvalue weighted by Crippen LogP contribution is 2.68. The molecule has 0 unspecified atom stereocenters. The second-order valence-corrected chi connectivity index (χ2v) is 11.8. The van der Waals surface area contributed by atoms with Crippen molar-refractivity contribution in [1.82, 2.24) is 10.2 Å². The van der Waals surface area contributed by atoms with E-state index in [9.17, 15) is 23.1 Å². The SMILES string of the molecule is C[C@]12CC[C@](O)(C(F)(F)F)C[C@H]1CC[C@@H]1[C@@H]2CC[C@]2(C)[C@@H](C(=O)Cc3ccn[nH]3)CC[C@@H]12. The van der Waals surface area contributed by atoms with Crippen LogP contribution >= 0.6 is 0 Å². The van der Waals surface area contributed by atoms with Crippen LogP contribution in [0.25, 0.3) is 0 Å². The van der Waals surface area contributed by atoms with Crippen LogP contribution in [-0.4, -0.2) is 32.9 Å². The molecule has 0 aliphatic heterocycles. The Hall–Kier alpha value is -1.37. The van der Waals surface area contributed by atoms with Crippen molar-refractivity contribution in [2.45, 2.75) is 89.8 Å². The standard InChI is InChI=1S/C25H35F3N2O2/c1-22-10-11-24(32,25(26,27)28)14-15(22)3-4-17-18-5-6-20(23(18,2)9-7-19(17)22)21(31)13-16-8-12-29-30-16/h8,12,15,17-20,32H,3-7,9-11,13-14H2,1-2H3,(H,29,30)/t15-,17+,18+,19+,20-,22+,23+,24-/m1/s1. The number of carbonyl (C=O) groups is 1. The van der Waals surface area contributed by atoms with Crippen LogP contribution in [0, 0.1) is 40.4 Å². The number of Topliss-reactive ketones (excluding diaryl/α,β-unsaturated/α-hetero) is 1. The maximum atomic E-state index is 13.5. The number of ketones is 1. The van der Waals surface area contributed by atoms with E-state index in [1.165, 1.54) is 0 Å². The summed E-state index contributed by atoms with van der Waals surface area (Å²) in [7, 11) is 0. The second-order valence-electron chi connectivity index (χ2n) is 11.8. The van der Waals surface area contributed by atoms with Gasteiger partial charge in [-0.15, -0.1) is 0 Å². The quantitative estimate of drug-likeness (QED) is 0.639. The predicted octanol–water partition coefficient (Wildman–Crippen LogP) is 5.47. The third-order valence-corrected chi connectivity index (χ3v) is 10.6. The average molecular weight is 453 g/mol. The van der Waals surface area contributed by atoms with Gasteiger partial charge in [0.1, 0.15) is 5.78 Å². The molecular weight excluding hydrogens is 417 g/mol. The number of nitrogens with one attached hydrogen (secondary N) is 1. The van der Waals surface area contributed by atoms with Gasteiger partial charge in [-0.3, -0.25) is 9.89 Å². The third kappa shape index (κ3) is 3.20. The molecule has 4 nitrogen and oxygen atoms in total. The van der Waals surface area contributed by atoms with Crippen LogP contribution in [0.4, 0.5) is 13.2 Å². The zero-order valence-corrected chi connectivity index (χ0v) is 19.0. The van der Waals surface area contributed by atoms with Crippen LogP contribution < -0.4 is 0 Å². The Balaban J connectivity index is 1.34. The second kappa shape index (κ2) is 7.31. The van der Waals surface area contributed by atoms with Gasteiger partial charge in [0.05, 0.1) is 0 Å². The van der Waals surface area contributed by atoms with Crippen LogP contribution in [0.3, 0.4) is 0 Å². The number of halogens is 3. The fourth-order valence-corrected chi connectivity index (χ4v) is 8.73. The molecule has 0 bridgehead atoms. The number of alkyl halides is 3. The van der Waals surface area contributed by atoms with Gasteiger partial charge in [0, 0.05) is 24.2 Å². The molecule has 1 heterocycles. The highest BCUT2D eigenvalue weighted by atomic mass is 19.4. The largest absolute Gasteiger partial charge is 0.417 e. The van der Waals surface area contributed by atoms with E-state index < -0.39 is 11.8 Å². The lowest BCUT2D eigenvalue weighted by atomic mass is 9.43. The van der Waals surface area contributed by atoms with Gasteiger partial charge in [0.2, 0.25) is 0 Å². The lowest BCUT2D eigenvalue weighted by Crippen LogP contribution is -2.59. The fraction of sp³-hybridized carbons (Fsp3) is 0.840. The first-order valence-electron chi connectivity index (χ1n) is 12.3. The van der Waals surface area contributed by atoms with Gasteiger partial charge in [-0.1, -0.05) is 13.8 Å². The van der Waals surface area contributed by atoms with E-state index in [0.29, 0.717) is 36.4 Å². The lowest BCUT2D eigenvalue weighted by Gasteiger charge is -2.62. The molecule has 0 amide bonds. The summed E-state index contributed by atoms with van der Waals surface area (Å²) in [6.45, 7) is 4.50. The Morgan fingerprint density at radius 2 is 1.84 bits per heavy atom. The summed E-state index contributed by atoms with van der Waals surface area (Å²) in [5.41, 5.74) is -1.81. The smallest absolute Gasteiger partial charge is 0.380 e. The van der Waals surface area contributed by atoms with Crippen LogP contribution in [0.5, 0.6) is 0 Å². The monoisotopic (exact) mass is 452 g/mol. The highest BCUT2D eigenvalue weighted by Gasteiger charge is 2.65. The molecule has 4 saturated carbocycles. The molecule has 7 heteroatoms. The average Bonchev–Trinajstić information content (AvgIpc) is 3.34. The van der Waals surface area contributed by atoms with Crippen LogP contribution in [0.2, 0.25) is 0 Å². The highest BCUT2D eigenvalue weighted by molar-refractivity contribution is 5.84. The van der Waals surface area contributed by atoms with Crippen molar-refractivity contribution in [2.24, 2.45) is 40.4 Å². The fourth-order valence-electron chi connectivity index (χ4n) is 8.73. The summed E-state index contributed by atoms with van der Waals surface area (Å²) < 4.78 is 40.6. The number of aromatic amines is 1. The summed E-state index contributed by atoms with van der Waals surface area (Å²) in [6.07, 6.45) is 3.26. The van der Waals surface area contributed by atoms with Crippen molar-refractivity contribution in [3.63, 3.8) is 0 Å². The number of aliphatic hydroxyl groups is 1. The molecule has 1 aromatic rings. The number of fused-ring (bicyclic) bond motifs is 5. The first-order valence-corrected chi connectivity index (χ1v) is 12.3. The Morgan fingerprint density at radius 1 is 1.09 bits per heavy atom. The van der Waals surface area contributed by atoms with Gasteiger partial charge < -0.3 is 5.11 Å². The van der Waals surface area contributed by atoms with E-state index in [-0.39, 0.29) is 35.5 Å². The Morgan fingerprint density at radius 3 is 2.53 bits per heavy atom. The first kappa shape index (κ1) is 22.4. The van der Waals surface area contributed by atoms with E-state index in [1.54, 1.807) is 6.20 Å². The van der Waals surface area contributed by atoms with Crippen molar-refractivity contribution < 1.29 is 23.1 Å². The molecule has 2 N–H and O–H groups in total. The minimum Gasteiger partial charge on any atom is -0.380 e. The first-order chi connectivity index (χ1) is 15.0. The van der Waals surface area contributed by atoms with Crippen molar-refractivity contribution >= 4 is 5.78 Å². The number of aromatic nitrogens is 2. The van der Waals surface area contributed by atoms with Crippen molar-refractivity contribution in [2.75, 3.05) is 0 Å². The van der Waals surface area contributed by atoms with Gasteiger partial charge in [0.25, 0.3) is 0 Å². The summed E-state index contributed by atoms with van der Waals surface area (Å²) in [6, 6.07) is 1.86.